The van der Waals surface area contributed by atoms with Gasteiger partial charge in [-0.2, -0.15) is 5.10 Å². The summed E-state index contributed by atoms with van der Waals surface area (Å²) in [5.74, 6) is 0. The van der Waals surface area contributed by atoms with Crippen molar-refractivity contribution in [3.05, 3.63) is 48.3 Å². The Labute approximate surface area is 121 Å². The Kier molecular flexibility index (Phi) is 6.27. The summed E-state index contributed by atoms with van der Waals surface area (Å²) in [5, 5.41) is 11.1. The van der Waals surface area contributed by atoms with E-state index in [1.807, 2.05) is 16.9 Å². The second-order valence-electron chi connectivity index (χ2n) is 4.90. The fraction of sp³-hybridized carbons (Fsp3) is 0.438. The molecular formula is C16H24N4. The van der Waals surface area contributed by atoms with Crippen molar-refractivity contribution < 1.29 is 0 Å². The molecule has 0 aliphatic rings. The number of nitrogens with one attached hydrogen (secondary N) is 2. The van der Waals surface area contributed by atoms with E-state index in [1.54, 1.807) is 6.20 Å². The third-order valence-corrected chi connectivity index (χ3v) is 3.14. The molecule has 0 bridgehead atoms. The van der Waals surface area contributed by atoms with Crippen LogP contribution in [0.3, 0.4) is 0 Å². The molecule has 1 aromatic carbocycles. The molecule has 0 radical (unpaired) electrons. The van der Waals surface area contributed by atoms with Crippen LogP contribution >= 0.6 is 0 Å². The van der Waals surface area contributed by atoms with E-state index in [4.69, 9.17) is 0 Å². The van der Waals surface area contributed by atoms with E-state index in [9.17, 15) is 0 Å². The van der Waals surface area contributed by atoms with Crippen LogP contribution in [0.25, 0.3) is 5.69 Å². The predicted molar refractivity (Wildman–Crippen MR) is 83.0 cm³/mol. The summed E-state index contributed by atoms with van der Waals surface area (Å²) in [6, 6.07) is 10.4. The molecule has 20 heavy (non-hydrogen) atoms. The highest BCUT2D eigenvalue weighted by atomic mass is 15.3. The van der Waals surface area contributed by atoms with Gasteiger partial charge in [0.2, 0.25) is 0 Å². The van der Waals surface area contributed by atoms with Crippen LogP contribution in [0.15, 0.2) is 42.7 Å². The molecule has 0 saturated carbocycles. The number of hydrogen-bond donors (Lipinski definition) is 2. The first kappa shape index (κ1) is 14.8. The molecule has 4 heteroatoms. The summed E-state index contributed by atoms with van der Waals surface area (Å²) < 4.78 is 1.89. The summed E-state index contributed by atoms with van der Waals surface area (Å²) in [7, 11) is 0. The van der Waals surface area contributed by atoms with Crippen LogP contribution in [0.2, 0.25) is 0 Å². The molecule has 0 spiro atoms. The van der Waals surface area contributed by atoms with Crippen molar-refractivity contribution in [2.75, 3.05) is 19.6 Å². The maximum atomic E-state index is 4.25. The summed E-state index contributed by atoms with van der Waals surface area (Å²) in [4.78, 5) is 0. The third-order valence-electron chi connectivity index (χ3n) is 3.14. The highest BCUT2D eigenvalue weighted by Crippen LogP contribution is 2.09. The van der Waals surface area contributed by atoms with Crippen molar-refractivity contribution in [2.45, 2.75) is 26.3 Å². The quantitative estimate of drug-likeness (QED) is 0.689. The van der Waals surface area contributed by atoms with E-state index in [1.165, 1.54) is 18.4 Å². The molecule has 2 rings (SSSR count). The molecule has 0 unspecified atom stereocenters. The third kappa shape index (κ3) is 4.79. The van der Waals surface area contributed by atoms with Gasteiger partial charge in [0.25, 0.3) is 0 Å². The lowest BCUT2D eigenvalue weighted by Crippen LogP contribution is -2.22. The molecule has 0 fully saturated rings. The van der Waals surface area contributed by atoms with Crippen LogP contribution < -0.4 is 10.6 Å². The normalized spacial score (nSPS) is 10.8. The van der Waals surface area contributed by atoms with Crippen LogP contribution in [-0.2, 0) is 6.54 Å². The lowest BCUT2D eigenvalue weighted by molar-refractivity contribution is 0.592. The van der Waals surface area contributed by atoms with Crippen LogP contribution in [0.1, 0.15) is 25.3 Å². The van der Waals surface area contributed by atoms with E-state index in [2.05, 4.69) is 46.9 Å². The maximum absolute atomic E-state index is 4.25. The minimum absolute atomic E-state index is 0.906. The topological polar surface area (TPSA) is 41.9 Å². The van der Waals surface area contributed by atoms with Gasteiger partial charge in [-0.3, -0.25) is 0 Å². The van der Waals surface area contributed by atoms with Crippen molar-refractivity contribution in [1.29, 1.82) is 0 Å². The summed E-state index contributed by atoms with van der Waals surface area (Å²) in [5.41, 5.74) is 2.40. The molecule has 0 atom stereocenters. The van der Waals surface area contributed by atoms with E-state index < -0.39 is 0 Å². The van der Waals surface area contributed by atoms with E-state index in [-0.39, 0.29) is 0 Å². The summed E-state index contributed by atoms with van der Waals surface area (Å²) >= 11 is 0. The highest BCUT2D eigenvalue weighted by molar-refractivity contribution is 5.34. The maximum Gasteiger partial charge on any atom is 0.0648 e. The van der Waals surface area contributed by atoms with Crippen LogP contribution in [0, 0.1) is 0 Å². The van der Waals surface area contributed by atoms with Gasteiger partial charge >= 0.3 is 0 Å². The zero-order valence-electron chi connectivity index (χ0n) is 12.2. The number of aromatic nitrogens is 2. The minimum Gasteiger partial charge on any atom is -0.317 e. The van der Waals surface area contributed by atoms with Gasteiger partial charge in [0.05, 0.1) is 5.69 Å². The number of hydrogen-bond acceptors (Lipinski definition) is 3. The zero-order valence-corrected chi connectivity index (χ0v) is 12.2. The fourth-order valence-corrected chi connectivity index (χ4v) is 2.10. The molecule has 1 aromatic heterocycles. The molecule has 2 aromatic rings. The minimum atomic E-state index is 0.906. The van der Waals surface area contributed by atoms with Crippen molar-refractivity contribution in [3.8, 4) is 5.69 Å². The van der Waals surface area contributed by atoms with E-state index in [0.717, 1.165) is 31.9 Å². The van der Waals surface area contributed by atoms with Crippen LogP contribution in [0.4, 0.5) is 0 Å². The summed E-state index contributed by atoms with van der Waals surface area (Å²) in [6.07, 6.45) is 6.13. The molecule has 2 N–H and O–H groups in total. The molecule has 0 amide bonds. The Bertz CT molecular complexity index is 479. The summed E-state index contributed by atoms with van der Waals surface area (Å²) in [6.45, 7) is 6.35. The van der Waals surface area contributed by atoms with Gasteiger partial charge < -0.3 is 10.6 Å². The van der Waals surface area contributed by atoms with Gasteiger partial charge in [-0.25, -0.2) is 4.68 Å². The molecule has 108 valence electrons. The zero-order chi connectivity index (χ0) is 14.0. The smallest absolute Gasteiger partial charge is 0.0648 e. The predicted octanol–water partition coefficient (Wildman–Crippen LogP) is 2.35. The van der Waals surface area contributed by atoms with Gasteiger partial charge in [-0.15, -0.1) is 0 Å². The Morgan fingerprint density at radius 2 is 2.00 bits per heavy atom. The van der Waals surface area contributed by atoms with Gasteiger partial charge in [0.15, 0.2) is 0 Å². The Balaban J connectivity index is 1.72. The lowest BCUT2D eigenvalue weighted by atomic mass is 10.2. The van der Waals surface area contributed by atoms with Crippen molar-refractivity contribution in [2.24, 2.45) is 0 Å². The monoisotopic (exact) mass is 272 g/mol. The number of rotatable bonds is 9. The standard InChI is InChI=1S/C16H24N4/c1-2-8-17-9-4-10-18-14-15-6-3-7-16(13-15)20-12-5-11-19-20/h3,5-7,11-13,17-18H,2,4,8-10,14H2,1H3. The van der Waals surface area contributed by atoms with Crippen molar-refractivity contribution >= 4 is 0 Å². The number of nitrogens with zero attached hydrogens (tertiary/aromatic N) is 2. The first-order chi connectivity index (χ1) is 9.90. The van der Waals surface area contributed by atoms with Crippen molar-refractivity contribution in [1.82, 2.24) is 20.4 Å². The first-order valence-corrected chi connectivity index (χ1v) is 7.40. The van der Waals surface area contributed by atoms with Gasteiger partial charge in [-0.05, 0) is 56.2 Å². The Hall–Kier alpha value is -1.65. The Morgan fingerprint density at radius 3 is 2.80 bits per heavy atom. The first-order valence-electron chi connectivity index (χ1n) is 7.40. The molecular weight excluding hydrogens is 248 g/mol. The molecule has 1 heterocycles. The van der Waals surface area contributed by atoms with Gasteiger partial charge in [0.1, 0.15) is 0 Å². The van der Waals surface area contributed by atoms with E-state index in [0.29, 0.717) is 0 Å². The molecule has 0 saturated heterocycles. The largest absolute Gasteiger partial charge is 0.317 e. The second-order valence-corrected chi connectivity index (χ2v) is 4.90. The van der Waals surface area contributed by atoms with Crippen LogP contribution in [-0.4, -0.2) is 29.4 Å². The van der Waals surface area contributed by atoms with Gasteiger partial charge in [-0.1, -0.05) is 19.1 Å². The van der Waals surface area contributed by atoms with Crippen LogP contribution in [0.5, 0.6) is 0 Å². The average Bonchev–Trinajstić information content (AvgIpc) is 3.01. The lowest BCUT2D eigenvalue weighted by Gasteiger charge is -2.08. The molecule has 4 nitrogen and oxygen atoms in total. The second kappa shape index (κ2) is 8.51. The Morgan fingerprint density at radius 1 is 1.10 bits per heavy atom. The molecule has 0 aliphatic carbocycles. The average molecular weight is 272 g/mol. The fourth-order valence-electron chi connectivity index (χ4n) is 2.10. The molecule has 0 aliphatic heterocycles. The van der Waals surface area contributed by atoms with Crippen molar-refractivity contribution in [3.63, 3.8) is 0 Å². The van der Waals surface area contributed by atoms with E-state index >= 15 is 0 Å². The number of benzene rings is 1. The SMILES string of the molecule is CCCNCCCNCc1cccc(-n2cccn2)c1. The van der Waals surface area contributed by atoms with Gasteiger partial charge in [0, 0.05) is 18.9 Å². The highest BCUT2D eigenvalue weighted by Gasteiger charge is 1.98.